The summed E-state index contributed by atoms with van der Waals surface area (Å²) in [5.41, 5.74) is 3.43. The molecule has 0 aromatic heterocycles. The Balaban J connectivity index is 1.06. The van der Waals surface area contributed by atoms with Crippen molar-refractivity contribution in [1.29, 1.82) is 0 Å². The number of urea groups is 1. The van der Waals surface area contributed by atoms with Crippen molar-refractivity contribution in [3.8, 4) is 5.75 Å². The minimum Gasteiger partial charge on any atom is -0.493 e. The van der Waals surface area contributed by atoms with E-state index >= 15 is 0 Å². The fourth-order valence-corrected chi connectivity index (χ4v) is 5.03. The van der Waals surface area contributed by atoms with Crippen LogP contribution in [-0.4, -0.2) is 72.5 Å². The van der Waals surface area contributed by atoms with E-state index in [0.717, 1.165) is 70.0 Å². The summed E-state index contributed by atoms with van der Waals surface area (Å²) in [6, 6.07) is 15.9. The molecule has 2 aromatic carbocycles. The minimum atomic E-state index is -0.0844. The molecule has 7 nitrogen and oxygen atoms in total. The third-order valence-electron chi connectivity index (χ3n) is 7.00. The number of ether oxygens (including phenoxy) is 1. The third kappa shape index (κ3) is 5.14. The van der Waals surface area contributed by atoms with Gasteiger partial charge in [0.15, 0.2) is 0 Å². The van der Waals surface area contributed by atoms with Gasteiger partial charge in [0.05, 0.1) is 6.61 Å². The van der Waals surface area contributed by atoms with E-state index in [1.165, 1.54) is 11.1 Å². The molecule has 0 aliphatic carbocycles. The SMILES string of the molecule is O=C(Nc1ccccc1)N1CCC(C(=O)N2CCN(Cc3ccc4c(c3)CCO4)CC2)CC1. The molecule has 0 radical (unpaired) electrons. The number of nitrogens with one attached hydrogen (secondary N) is 1. The summed E-state index contributed by atoms with van der Waals surface area (Å²) in [7, 11) is 0. The molecule has 2 fully saturated rings. The van der Waals surface area contributed by atoms with Crippen LogP contribution in [-0.2, 0) is 17.8 Å². The highest BCUT2D eigenvalue weighted by molar-refractivity contribution is 5.89. The van der Waals surface area contributed by atoms with Crippen LogP contribution in [0.1, 0.15) is 24.0 Å². The summed E-state index contributed by atoms with van der Waals surface area (Å²) < 4.78 is 5.60. The van der Waals surface area contributed by atoms with Crippen LogP contribution in [0, 0.1) is 5.92 Å². The molecule has 0 atom stereocenters. The molecule has 0 unspecified atom stereocenters. The van der Waals surface area contributed by atoms with Crippen molar-refractivity contribution in [1.82, 2.24) is 14.7 Å². The number of anilines is 1. The molecule has 3 aliphatic heterocycles. The Kier molecular flexibility index (Phi) is 6.48. The number of carbonyl (C=O) groups excluding carboxylic acids is 2. The quantitative estimate of drug-likeness (QED) is 0.780. The Morgan fingerprint density at radius 1 is 0.909 bits per heavy atom. The van der Waals surface area contributed by atoms with E-state index in [-0.39, 0.29) is 17.9 Å². The average Bonchev–Trinajstić information content (AvgIpc) is 3.33. The fourth-order valence-electron chi connectivity index (χ4n) is 5.03. The molecule has 5 rings (SSSR count). The van der Waals surface area contributed by atoms with Crippen LogP contribution in [0.2, 0.25) is 0 Å². The molecule has 174 valence electrons. The van der Waals surface area contributed by atoms with Gasteiger partial charge in [-0.3, -0.25) is 9.69 Å². The molecule has 2 saturated heterocycles. The molecular weight excluding hydrogens is 416 g/mol. The number of piperidine rings is 1. The van der Waals surface area contributed by atoms with E-state index < -0.39 is 0 Å². The zero-order valence-electron chi connectivity index (χ0n) is 19.0. The first-order valence-corrected chi connectivity index (χ1v) is 12.0. The van der Waals surface area contributed by atoms with Gasteiger partial charge >= 0.3 is 6.03 Å². The number of benzene rings is 2. The zero-order chi connectivity index (χ0) is 22.6. The van der Waals surface area contributed by atoms with Gasteiger partial charge in [-0.15, -0.1) is 0 Å². The van der Waals surface area contributed by atoms with E-state index in [2.05, 4.69) is 28.4 Å². The number of hydrogen-bond donors (Lipinski definition) is 1. The first-order valence-electron chi connectivity index (χ1n) is 12.0. The highest BCUT2D eigenvalue weighted by atomic mass is 16.5. The maximum Gasteiger partial charge on any atom is 0.321 e. The second-order valence-corrected chi connectivity index (χ2v) is 9.20. The van der Waals surface area contributed by atoms with E-state index in [9.17, 15) is 9.59 Å². The van der Waals surface area contributed by atoms with Crippen LogP contribution in [0.3, 0.4) is 0 Å². The molecule has 0 bridgehead atoms. The Morgan fingerprint density at radius 2 is 1.67 bits per heavy atom. The fraction of sp³-hybridized carbons (Fsp3) is 0.462. The lowest BCUT2D eigenvalue weighted by atomic mass is 9.95. The van der Waals surface area contributed by atoms with Crippen LogP contribution in [0.25, 0.3) is 0 Å². The summed E-state index contributed by atoms with van der Waals surface area (Å²) in [6.07, 6.45) is 2.47. The Bertz CT molecular complexity index is 980. The minimum absolute atomic E-state index is 0.0223. The predicted octanol–water partition coefficient (Wildman–Crippen LogP) is 3.21. The summed E-state index contributed by atoms with van der Waals surface area (Å²) >= 11 is 0. The molecule has 1 N–H and O–H groups in total. The van der Waals surface area contributed by atoms with Crippen molar-refractivity contribution < 1.29 is 14.3 Å². The molecule has 2 aromatic rings. The summed E-state index contributed by atoms with van der Waals surface area (Å²) in [5.74, 6) is 1.30. The average molecular weight is 449 g/mol. The number of rotatable bonds is 4. The number of likely N-dealkylation sites (tertiary alicyclic amines) is 1. The molecule has 3 heterocycles. The van der Waals surface area contributed by atoms with Gasteiger partial charge < -0.3 is 19.9 Å². The lowest BCUT2D eigenvalue weighted by Crippen LogP contribution is -2.51. The van der Waals surface area contributed by atoms with Crippen LogP contribution in [0.15, 0.2) is 48.5 Å². The van der Waals surface area contributed by atoms with Gasteiger partial charge in [-0.1, -0.05) is 30.3 Å². The first-order chi connectivity index (χ1) is 16.2. The van der Waals surface area contributed by atoms with Gasteiger partial charge in [-0.2, -0.15) is 0 Å². The van der Waals surface area contributed by atoms with Gasteiger partial charge in [0, 0.05) is 63.8 Å². The van der Waals surface area contributed by atoms with Crippen molar-refractivity contribution in [3.05, 3.63) is 59.7 Å². The Morgan fingerprint density at radius 3 is 2.42 bits per heavy atom. The van der Waals surface area contributed by atoms with Gasteiger partial charge in [-0.25, -0.2) is 4.79 Å². The Labute approximate surface area is 195 Å². The topological polar surface area (TPSA) is 65.1 Å². The second-order valence-electron chi connectivity index (χ2n) is 9.20. The number of piperazine rings is 1. The summed E-state index contributed by atoms with van der Waals surface area (Å²) in [5, 5.41) is 2.94. The normalized spacial score (nSPS) is 19.2. The standard InChI is InChI=1S/C26H32N4O3/c31-25(21-8-11-30(12-9-21)26(32)27-23-4-2-1-3-5-23)29-15-13-28(14-16-29)19-20-6-7-24-22(18-20)10-17-33-24/h1-7,18,21H,8-17,19H2,(H,27,32). The second kappa shape index (κ2) is 9.83. The van der Waals surface area contributed by atoms with Crippen LogP contribution in [0.5, 0.6) is 5.75 Å². The van der Waals surface area contributed by atoms with Crippen molar-refractivity contribution in [2.45, 2.75) is 25.8 Å². The largest absolute Gasteiger partial charge is 0.493 e. The number of hydrogen-bond acceptors (Lipinski definition) is 4. The maximum atomic E-state index is 13.1. The van der Waals surface area contributed by atoms with Gasteiger partial charge in [0.25, 0.3) is 0 Å². The molecule has 0 spiro atoms. The highest BCUT2D eigenvalue weighted by Gasteiger charge is 2.31. The molecular formula is C26H32N4O3. The maximum absolute atomic E-state index is 13.1. The molecule has 3 aliphatic rings. The predicted molar refractivity (Wildman–Crippen MR) is 127 cm³/mol. The van der Waals surface area contributed by atoms with Crippen molar-refractivity contribution in [2.24, 2.45) is 5.92 Å². The molecule has 33 heavy (non-hydrogen) atoms. The van der Waals surface area contributed by atoms with Gasteiger partial charge in [-0.05, 0) is 42.2 Å². The van der Waals surface area contributed by atoms with Crippen LogP contribution >= 0.6 is 0 Å². The lowest BCUT2D eigenvalue weighted by molar-refractivity contribution is -0.138. The van der Waals surface area contributed by atoms with E-state index in [1.807, 2.05) is 40.1 Å². The first kappa shape index (κ1) is 21.8. The smallest absolute Gasteiger partial charge is 0.321 e. The number of fused-ring (bicyclic) bond motifs is 1. The van der Waals surface area contributed by atoms with Crippen molar-refractivity contribution in [3.63, 3.8) is 0 Å². The van der Waals surface area contributed by atoms with E-state index in [0.29, 0.717) is 13.1 Å². The summed E-state index contributed by atoms with van der Waals surface area (Å²) in [6.45, 7) is 6.31. The molecule has 7 heteroatoms. The van der Waals surface area contributed by atoms with Gasteiger partial charge in [0.1, 0.15) is 5.75 Å². The van der Waals surface area contributed by atoms with E-state index in [1.54, 1.807) is 0 Å². The van der Waals surface area contributed by atoms with Crippen molar-refractivity contribution in [2.75, 3.05) is 51.2 Å². The monoisotopic (exact) mass is 448 g/mol. The highest BCUT2D eigenvalue weighted by Crippen LogP contribution is 2.27. The zero-order valence-corrected chi connectivity index (χ0v) is 19.0. The number of amides is 3. The van der Waals surface area contributed by atoms with Gasteiger partial charge in [0.2, 0.25) is 5.91 Å². The summed E-state index contributed by atoms with van der Waals surface area (Å²) in [4.78, 5) is 31.9. The third-order valence-corrected chi connectivity index (χ3v) is 7.00. The van der Waals surface area contributed by atoms with Crippen molar-refractivity contribution >= 4 is 17.6 Å². The number of carbonyl (C=O) groups is 2. The lowest BCUT2D eigenvalue weighted by Gasteiger charge is -2.38. The number of nitrogens with zero attached hydrogens (tertiary/aromatic N) is 3. The van der Waals surface area contributed by atoms with Crippen LogP contribution in [0.4, 0.5) is 10.5 Å². The van der Waals surface area contributed by atoms with E-state index in [4.69, 9.17) is 4.74 Å². The molecule has 0 saturated carbocycles. The molecule has 3 amide bonds. The van der Waals surface area contributed by atoms with Crippen LogP contribution < -0.4 is 10.1 Å². The number of para-hydroxylation sites is 1. The Hall–Kier alpha value is -3.06.